The monoisotopic (exact) mass is 386 g/mol. The molecule has 3 atom stereocenters. The number of esters is 2. The van der Waals surface area contributed by atoms with E-state index >= 15 is 0 Å². The Kier molecular flexibility index (Phi) is 8.17. The Morgan fingerprint density at radius 2 is 1.29 bits per heavy atom. The van der Waals surface area contributed by atoms with E-state index in [1.807, 2.05) is 6.92 Å². The standard InChI is InChI=1S/C22H26O6/c1-3-10-18(15(2)23)19(24)22(27-20(25)16-11-6-4-7-12-16)28-21(26)17-13-8-5-9-14-17/h4-9,11-15,18-19,22-24H,3,10H2,1-2H3. The van der Waals surface area contributed by atoms with E-state index in [1.165, 1.54) is 0 Å². The molecule has 3 unspecified atom stereocenters. The van der Waals surface area contributed by atoms with E-state index in [0.717, 1.165) is 0 Å². The van der Waals surface area contributed by atoms with Crippen LogP contribution in [0.2, 0.25) is 0 Å². The zero-order valence-corrected chi connectivity index (χ0v) is 16.0. The lowest BCUT2D eigenvalue weighted by molar-refractivity contribution is -0.162. The van der Waals surface area contributed by atoms with Crippen LogP contribution in [0.5, 0.6) is 0 Å². The van der Waals surface area contributed by atoms with Crippen LogP contribution in [0.4, 0.5) is 0 Å². The number of carbonyl (C=O) groups is 2. The first kappa shape index (κ1) is 21.6. The lowest BCUT2D eigenvalue weighted by Gasteiger charge is -2.30. The highest BCUT2D eigenvalue weighted by Crippen LogP contribution is 2.23. The van der Waals surface area contributed by atoms with Crippen LogP contribution in [0.15, 0.2) is 60.7 Å². The number of carbonyl (C=O) groups excluding carboxylic acids is 2. The molecule has 0 aromatic heterocycles. The Morgan fingerprint density at radius 3 is 1.64 bits per heavy atom. The number of aliphatic hydroxyl groups is 2. The summed E-state index contributed by atoms with van der Waals surface area (Å²) in [5, 5.41) is 20.8. The molecule has 0 spiro atoms. The van der Waals surface area contributed by atoms with E-state index in [0.29, 0.717) is 12.8 Å². The van der Waals surface area contributed by atoms with Gasteiger partial charge in [0.25, 0.3) is 6.29 Å². The van der Waals surface area contributed by atoms with Gasteiger partial charge in [-0.3, -0.25) is 0 Å². The van der Waals surface area contributed by atoms with Crippen LogP contribution in [0.3, 0.4) is 0 Å². The van der Waals surface area contributed by atoms with Crippen molar-refractivity contribution in [2.45, 2.75) is 45.2 Å². The molecular formula is C22H26O6. The third-order valence-electron chi connectivity index (χ3n) is 4.42. The minimum Gasteiger partial charge on any atom is -0.419 e. The molecule has 2 aromatic rings. The van der Waals surface area contributed by atoms with Crippen molar-refractivity contribution in [3.8, 4) is 0 Å². The van der Waals surface area contributed by atoms with Gasteiger partial charge in [0.05, 0.1) is 17.2 Å². The summed E-state index contributed by atoms with van der Waals surface area (Å²) in [6.07, 6.45) is -2.63. The highest BCUT2D eigenvalue weighted by molar-refractivity contribution is 5.91. The first-order valence-corrected chi connectivity index (χ1v) is 9.32. The maximum atomic E-state index is 12.4. The highest BCUT2D eigenvalue weighted by atomic mass is 16.7. The van der Waals surface area contributed by atoms with Crippen molar-refractivity contribution in [1.82, 2.24) is 0 Å². The SMILES string of the molecule is CCCC(C(C)O)C(O)C(OC(=O)c1ccccc1)OC(=O)c1ccccc1. The molecule has 28 heavy (non-hydrogen) atoms. The Bertz CT molecular complexity index is 691. The van der Waals surface area contributed by atoms with Gasteiger partial charge < -0.3 is 19.7 Å². The summed E-state index contributed by atoms with van der Waals surface area (Å²) < 4.78 is 10.6. The summed E-state index contributed by atoms with van der Waals surface area (Å²) in [6.45, 7) is 3.45. The van der Waals surface area contributed by atoms with Crippen molar-refractivity contribution in [2.24, 2.45) is 5.92 Å². The number of rotatable bonds is 9. The maximum Gasteiger partial charge on any atom is 0.341 e. The second-order valence-corrected chi connectivity index (χ2v) is 6.59. The first-order chi connectivity index (χ1) is 13.4. The van der Waals surface area contributed by atoms with E-state index in [1.54, 1.807) is 67.6 Å². The molecule has 150 valence electrons. The molecule has 2 N–H and O–H groups in total. The zero-order valence-electron chi connectivity index (χ0n) is 16.0. The van der Waals surface area contributed by atoms with E-state index < -0.39 is 36.4 Å². The van der Waals surface area contributed by atoms with Crippen LogP contribution in [-0.2, 0) is 9.47 Å². The lowest BCUT2D eigenvalue weighted by atomic mass is 9.91. The molecule has 0 radical (unpaired) electrons. The molecule has 0 heterocycles. The van der Waals surface area contributed by atoms with Gasteiger partial charge in [-0.2, -0.15) is 0 Å². The molecular weight excluding hydrogens is 360 g/mol. The Hall–Kier alpha value is -2.70. The predicted molar refractivity (Wildman–Crippen MR) is 104 cm³/mol. The molecule has 2 aromatic carbocycles. The van der Waals surface area contributed by atoms with Crippen molar-refractivity contribution >= 4 is 11.9 Å². The minimum atomic E-state index is -1.55. The van der Waals surface area contributed by atoms with Crippen LogP contribution in [0, 0.1) is 5.92 Å². The molecule has 0 saturated carbocycles. The van der Waals surface area contributed by atoms with Gasteiger partial charge >= 0.3 is 11.9 Å². The molecule has 6 nitrogen and oxygen atoms in total. The summed E-state index contributed by atoms with van der Waals surface area (Å²) in [5.41, 5.74) is 0.527. The second-order valence-electron chi connectivity index (χ2n) is 6.59. The molecule has 0 saturated heterocycles. The molecule has 0 amide bonds. The molecule has 0 aliphatic rings. The van der Waals surface area contributed by atoms with Crippen molar-refractivity contribution in [3.63, 3.8) is 0 Å². The number of hydrogen-bond acceptors (Lipinski definition) is 6. The van der Waals surface area contributed by atoms with Crippen molar-refractivity contribution in [2.75, 3.05) is 0 Å². The largest absolute Gasteiger partial charge is 0.419 e. The van der Waals surface area contributed by atoms with Gasteiger partial charge in [0.2, 0.25) is 0 Å². The van der Waals surface area contributed by atoms with Crippen molar-refractivity contribution in [1.29, 1.82) is 0 Å². The molecule has 0 aliphatic heterocycles. The summed E-state index contributed by atoms with van der Waals surface area (Å²) in [4.78, 5) is 24.9. The van der Waals surface area contributed by atoms with Crippen LogP contribution in [-0.4, -0.2) is 40.6 Å². The number of ether oxygens (including phenoxy) is 2. The quantitative estimate of drug-likeness (QED) is 0.508. The summed E-state index contributed by atoms with van der Waals surface area (Å²) in [6, 6.07) is 16.4. The van der Waals surface area contributed by atoms with E-state index in [9.17, 15) is 19.8 Å². The topological polar surface area (TPSA) is 93.1 Å². The van der Waals surface area contributed by atoms with Crippen molar-refractivity contribution in [3.05, 3.63) is 71.8 Å². The lowest BCUT2D eigenvalue weighted by Crippen LogP contribution is -2.44. The Morgan fingerprint density at radius 1 is 0.857 bits per heavy atom. The minimum absolute atomic E-state index is 0.263. The van der Waals surface area contributed by atoms with Gasteiger partial charge in [-0.25, -0.2) is 9.59 Å². The molecule has 6 heteroatoms. The maximum absolute atomic E-state index is 12.4. The van der Waals surface area contributed by atoms with Gasteiger partial charge in [-0.15, -0.1) is 0 Å². The molecule has 0 bridgehead atoms. The molecule has 0 fully saturated rings. The average Bonchev–Trinajstić information content (AvgIpc) is 2.72. The fraction of sp³-hybridized carbons (Fsp3) is 0.364. The Labute approximate surface area is 164 Å². The number of hydrogen-bond donors (Lipinski definition) is 2. The van der Waals surface area contributed by atoms with E-state index in [2.05, 4.69) is 0 Å². The van der Waals surface area contributed by atoms with Gasteiger partial charge in [-0.1, -0.05) is 49.7 Å². The predicted octanol–water partition coefficient (Wildman–Crippen LogP) is 3.18. The van der Waals surface area contributed by atoms with Gasteiger partial charge in [0, 0.05) is 5.92 Å². The van der Waals surface area contributed by atoms with Crippen molar-refractivity contribution < 1.29 is 29.3 Å². The third-order valence-corrected chi connectivity index (χ3v) is 4.42. The average molecular weight is 386 g/mol. The normalized spacial score (nSPS) is 14.2. The first-order valence-electron chi connectivity index (χ1n) is 9.32. The van der Waals surface area contributed by atoms with Gasteiger partial charge in [0.15, 0.2) is 0 Å². The van der Waals surface area contributed by atoms with Crippen LogP contribution < -0.4 is 0 Å². The molecule has 2 rings (SSSR count). The highest BCUT2D eigenvalue weighted by Gasteiger charge is 2.36. The fourth-order valence-electron chi connectivity index (χ4n) is 2.89. The zero-order chi connectivity index (χ0) is 20.5. The van der Waals surface area contributed by atoms with E-state index in [4.69, 9.17) is 9.47 Å². The van der Waals surface area contributed by atoms with Gasteiger partial charge in [0.1, 0.15) is 6.10 Å². The second kappa shape index (κ2) is 10.6. The van der Waals surface area contributed by atoms with E-state index in [-0.39, 0.29) is 11.1 Å². The van der Waals surface area contributed by atoms with Gasteiger partial charge in [-0.05, 0) is 37.6 Å². The Balaban J connectivity index is 2.23. The summed E-state index contributed by atoms with van der Waals surface area (Å²) in [7, 11) is 0. The number of aliphatic hydroxyl groups excluding tert-OH is 2. The van der Waals surface area contributed by atoms with Crippen LogP contribution in [0.1, 0.15) is 47.4 Å². The van der Waals surface area contributed by atoms with Crippen LogP contribution in [0.25, 0.3) is 0 Å². The van der Waals surface area contributed by atoms with Crippen LogP contribution >= 0.6 is 0 Å². The summed E-state index contributed by atoms with van der Waals surface area (Å²) in [5.74, 6) is -2.08. The smallest absolute Gasteiger partial charge is 0.341 e. The number of benzene rings is 2. The molecule has 0 aliphatic carbocycles. The third kappa shape index (κ3) is 5.90. The summed E-state index contributed by atoms with van der Waals surface area (Å²) >= 11 is 0. The fourth-order valence-corrected chi connectivity index (χ4v) is 2.89.